The quantitative estimate of drug-likeness (QED) is 0.928. The maximum absolute atomic E-state index is 12.5. The highest BCUT2D eigenvalue weighted by Crippen LogP contribution is 2.24. The van der Waals surface area contributed by atoms with Crippen LogP contribution in [-0.2, 0) is 12.8 Å². The lowest BCUT2D eigenvalue weighted by Gasteiger charge is -2.24. The van der Waals surface area contributed by atoms with E-state index in [2.05, 4.69) is 0 Å². The van der Waals surface area contributed by atoms with Gasteiger partial charge in [-0.2, -0.15) is 13.2 Å². The molecule has 0 atom stereocenters. The summed E-state index contributed by atoms with van der Waals surface area (Å²) in [6.07, 6.45) is -0.528. The number of nitrogens with zero attached hydrogens (tertiary/aromatic N) is 1. The number of amides is 1. The minimum absolute atomic E-state index is 0.258. The Morgan fingerprint density at radius 2 is 1.86 bits per heavy atom. The van der Waals surface area contributed by atoms with E-state index < -0.39 is 25.2 Å². The second-order valence-corrected chi connectivity index (χ2v) is 5.26. The molecule has 0 radical (unpaired) electrons. The van der Waals surface area contributed by atoms with E-state index in [1.807, 2.05) is 6.07 Å². The average molecular weight is 301 g/mol. The highest BCUT2D eigenvalue weighted by molar-refractivity contribution is 5.94. The zero-order valence-electron chi connectivity index (χ0n) is 11.6. The third-order valence-electron chi connectivity index (χ3n) is 3.62. The molecule has 0 bridgehead atoms. The molecule has 0 unspecified atom stereocenters. The topological polar surface area (TPSA) is 40.5 Å². The summed E-state index contributed by atoms with van der Waals surface area (Å²) < 4.78 is 37.5. The van der Waals surface area contributed by atoms with E-state index in [1.54, 1.807) is 12.1 Å². The van der Waals surface area contributed by atoms with E-state index in [1.165, 1.54) is 5.56 Å². The molecular weight excluding hydrogens is 283 g/mol. The monoisotopic (exact) mass is 301 g/mol. The largest absolute Gasteiger partial charge is 0.406 e. The van der Waals surface area contributed by atoms with Crippen molar-refractivity contribution in [1.82, 2.24) is 4.90 Å². The number of hydrogen-bond donors (Lipinski definition) is 1. The Labute approximate surface area is 121 Å². The molecule has 0 fully saturated rings. The van der Waals surface area contributed by atoms with E-state index in [0.717, 1.165) is 31.2 Å². The number of aliphatic hydroxyl groups excluding tert-OH is 1. The van der Waals surface area contributed by atoms with Crippen molar-refractivity contribution in [1.29, 1.82) is 0 Å². The molecule has 116 valence electrons. The van der Waals surface area contributed by atoms with E-state index in [-0.39, 0.29) is 12.1 Å². The van der Waals surface area contributed by atoms with Gasteiger partial charge in [-0.1, -0.05) is 6.07 Å². The van der Waals surface area contributed by atoms with Gasteiger partial charge in [-0.05, 0) is 48.9 Å². The normalized spacial score (nSPS) is 14.7. The number of rotatable bonds is 4. The molecule has 0 heterocycles. The Morgan fingerprint density at radius 1 is 1.19 bits per heavy atom. The van der Waals surface area contributed by atoms with Crippen molar-refractivity contribution in [2.24, 2.45) is 0 Å². The van der Waals surface area contributed by atoms with Crippen LogP contribution in [-0.4, -0.2) is 41.8 Å². The molecule has 3 nitrogen and oxygen atoms in total. The Kier molecular flexibility index (Phi) is 4.88. The number of hydrogen-bond acceptors (Lipinski definition) is 2. The Bertz CT molecular complexity index is 514. The summed E-state index contributed by atoms with van der Waals surface area (Å²) in [6, 6.07) is 5.09. The van der Waals surface area contributed by atoms with Crippen molar-refractivity contribution in [2.45, 2.75) is 31.9 Å². The van der Waals surface area contributed by atoms with Crippen LogP contribution in [0.1, 0.15) is 34.3 Å². The number of carbonyl (C=O) groups is 1. The first-order valence-electron chi connectivity index (χ1n) is 6.99. The highest BCUT2D eigenvalue weighted by atomic mass is 19.4. The van der Waals surface area contributed by atoms with Gasteiger partial charge in [0, 0.05) is 12.1 Å². The van der Waals surface area contributed by atoms with Crippen molar-refractivity contribution < 1.29 is 23.1 Å². The van der Waals surface area contributed by atoms with Crippen LogP contribution in [0.4, 0.5) is 13.2 Å². The van der Waals surface area contributed by atoms with Crippen molar-refractivity contribution in [3.63, 3.8) is 0 Å². The first-order chi connectivity index (χ1) is 9.90. The van der Waals surface area contributed by atoms with Crippen molar-refractivity contribution in [3.8, 4) is 0 Å². The average Bonchev–Trinajstić information content (AvgIpc) is 2.44. The van der Waals surface area contributed by atoms with Crippen LogP contribution in [0, 0.1) is 0 Å². The molecule has 1 aromatic rings. The first kappa shape index (κ1) is 15.8. The zero-order valence-corrected chi connectivity index (χ0v) is 11.6. The standard InChI is InChI=1S/C15H18F3NO2/c16-15(17,18)10-19(7-8-20)14(21)13-6-5-11-3-1-2-4-12(11)9-13/h5-6,9,20H,1-4,7-8,10H2. The van der Waals surface area contributed by atoms with Crippen LogP contribution in [0.2, 0.25) is 0 Å². The van der Waals surface area contributed by atoms with Crippen molar-refractivity contribution in [2.75, 3.05) is 19.7 Å². The van der Waals surface area contributed by atoms with Gasteiger partial charge in [0.1, 0.15) is 6.54 Å². The zero-order chi connectivity index (χ0) is 15.5. The molecule has 1 aliphatic rings. The molecule has 0 saturated carbocycles. The van der Waals surface area contributed by atoms with Crippen LogP contribution in [0.15, 0.2) is 18.2 Å². The molecule has 0 aliphatic heterocycles. The lowest BCUT2D eigenvalue weighted by molar-refractivity contribution is -0.141. The second-order valence-electron chi connectivity index (χ2n) is 5.26. The Hall–Kier alpha value is -1.56. The fourth-order valence-corrected chi connectivity index (χ4v) is 2.64. The minimum atomic E-state index is -4.47. The summed E-state index contributed by atoms with van der Waals surface area (Å²) in [6.45, 7) is -2.16. The maximum Gasteiger partial charge on any atom is 0.406 e. The molecule has 1 amide bonds. The summed E-state index contributed by atoms with van der Waals surface area (Å²) in [7, 11) is 0. The number of halogens is 3. The molecule has 0 aromatic heterocycles. The number of fused-ring (bicyclic) bond motifs is 1. The van der Waals surface area contributed by atoms with Gasteiger partial charge >= 0.3 is 6.18 Å². The van der Waals surface area contributed by atoms with Crippen LogP contribution in [0.25, 0.3) is 0 Å². The van der Waals surface area contributed by atoms with E-state index >= 15 is 0 Å². The second kappa shape index (κ2) is 6.47. The summed E-state index contributed by atoms with van der Waals surface area (Å²) in [5.74, 6) is -0.685. The number of alkyl halides is 3. The smallest absolute Gasteiger partial charge is 0.395 e. The van der Waals surface area contributed by atoms with Crippen LogP contribution in [0.3, 0.4) is 0 Å². The van der Waals surface area contributed by atoms with Gasteiger partial charge in [0.05, 0.1) is 6.61 Å². The summed E-state index contributed by atoms with van der Waals surface area (Å²) >= 11 is 0. The summed E-state index contributed by atoms with van der Waals surface area (Å²) in [5, 5.41) is 8.86. The highest BCUT2D eigenvalue weighted by Gasteiger charge is 2.33. The van der Waals surface area contributed by atoms with Gasteiger partial charge in [-0.25, -0.2) is 0 Å². The van der Waals surface area contributed by atoms with E-state index in [9.17, 15) is 18.0 Å². The molecule has 0 spiro atoms. The molecular formula is C15H18F3NO2. The molecule has 2 rings (SSSR count). The van der Waals surface area contributed by atoms with Gasteiger partial charge in [-0.3, -0.25) is 4.79 Å². The predicted molar refractivity (Wildman–Crippen MR) is 72.1 cm³/mol. The SMILES string of the molecule is O=C(c1ccc2c(c1)CCCC2)N(CCO)CC(F)(F)F. The molecule has 21 heavy (non-hydrogen) atoms. The Balaban J connectivity index is 2.20. The lowest BCUT2D eigenvalue weighted by atomic mass is 9.90. The minimum Gasteiger partial charge on any atom is -0.395 e. The maximum atomic E-state index is 12.5. The fourth-order valence-electron chi connectivity index (χ4n) is 2.64. The van der Waals surface area contributed by atoms with Crippen molar-refractivity contribution in [3.05, 3.63) is 34.9 Å². The van der Waals surface area contributed by atoms with Crippen LogP contribution < -0.4 is 0 Å². The van der Waals surface area contributed by atoms with Gasteiger partial charge in [0.25, 0.3) is 5.91 Å². The molecule has 0 saturated heterocycles. The molecule has 1 aliphatic carbocycles. The van der Waals surface area contributed by atoms with Gasteiger partial charge in [0.2, 0.25) is 0 Å². The number of aliphatic hydroxyl groups is 1. The first-order valence-corrected chi connectivity index (χ1v) is 6.99. The van der Waals surface area contributed by atoms with E-state index in [4.69, 9.17) is 5.11 Å². The van der Waals surface area contributed by atoms with Crippen molar-refractivity contribution >= 4 is 5.91 Å². The lowest BCUT2D eigenvalue weighted by Crippen LogP contribution is -2.40. The predicted octanol–water partition coefficient (Wildman–Crippen LogP) is 2.56. The van der Waals surface area contributed by atoms with Gasteiger partial charge in [-0.15, -0.1) is 0 Å². The van der Waals surface area contributed by atoms with Gasteiger partial charge < -0.3 is 10.0 Å². The molecule has 1 aromatic carbocycles. The molecule has 1 N–H and O–H groups in total. The summed E-state index contributed by atoms with van der Waals surface area (Å²) in [5.41, 5.74) is 2.47. The van der Waals surface area contributed by atoms with E-state index in [0.29, 0.717) is 4.90 Å². The third-order valence-corrected chi connectivity index (χ3v) is 3.62. The summed E-state index contributed by atoms with van der Waals surface area (Å²) in [4.78, 5) is 12.9. The fraction of sp³-hybridized carbons (Fsp3) is 0.533. The third kappa shape index (κ3) is 4.20. The Morgan fingerprint density at radius 3 is 2.48 bits per heavy atom. The number of aryl methyl sites for hydroxylation is 2. The van der Waals surface area contributed by atoms with Crippen LogP contribution in [0.5, 0.6) is 0 Å². The number of carbonyl (C=O) groups excluding carboxylic acids is 1. The van der Waals surface area contributed by atoms with Crippen LogP contribution >= 0.6 is 0 Å². The van der Waals surface area contributed by atoms with Gasteiger partial charge in [0.15, 0.2) is 0 Å². The molecule has 6 heteroatoms. The number of benzene rings is 1.